The van der Waals surface area contributed by atoms with E-state index in [4.69, 9.17) is 0 Å². The normalized spacial score (nSPS) is 19.4. The summed E-state index contributed by atoms with van der Waals surface area (Å²) in [6.07, 6.45) is 2.16. The third-order valence-electron chi connectivity index (χ3n) is 5.01. The number of aromatic nitrogens is 3. The third kappa shape index (κ3) is 3.25. The van der Waals surface area contributed by atoms with E-state index < -0.39 is 0 Å². The summed E-state index contributed by atoms with van der Waals surface area (Å²) in [7, 11) is 0. The Kier molecular flexibility index (Phi) is 4.65. The summed E-state index contributed by atoms with van der Waals surface area (Å²) < 4.78 is 16.7. The molecule has 0 aliphatic carbocycles. The van der Waals surface area contributed by atoms with E-state index in [-0.39, 0.29) is 5.82 Å². The van der Waals surface area contributed by atoms with Crippen LogP contribution in [0.5, 0.6) is 0 Å². The Balaban J connectivity index is 1.40. The van der Waals surface area contributed by atoms with Gasteiger partial charge < -0.3 is 9.88 Å². The molecule has 0 spiro atoms. The first-order valence-corrected chi connectivity index (χ1v) is 9.29. The summed E-state index contributed by atoms with van der Waals surface area (Å²) in [5, 5.41) is 12.1. The van der Waals surface area contributed by atoms with Gasteiger partial charge in [0.1, 0.15) is 17.5 Å². The number of benzene rings is 1. The van der Waals surface area contributed by atoms with Crippen LogP contribution < -0.4 is 5.32 Å². The van der Waals surface area contributed by atoms with E-state index in [2.05, 4.69) is 40.9 Å². The smallest absolute Gasteiger partial charge is 0.147 e. The van der Waals surface area contributed by atoms with Gasteiger partial charge in [-0.05, 0) is 49.7 Å². The van der Waals surface area contributed by atoms with Gasteiger partial charge in [0.05, 0.1) is 6.54 Å². The van der Waals surface area contributed by atoms with Crippen molar-refractivity contribution in [2.75, 3.05) is 19.6 Å². The van der Waals surface area contributed by atoms with E-state index >= 15 is 0 Å². The molecule has 24 heavy (non-hydrogen) atoms. The first-order valence-electron chi connectivity index (χ1n) is 8.49. The Labute approximate surface area is 149 Å². The van der Waals surface area contributed by atoms with Crippen molar-refractivity contribution in [2.45, 2.75) is 38.4 Å². The number of hydrogen-bond acceptors (Lipinski definition) is 4. The second-order valence-corrected chi connectivity index (χ2v) is 7.44. The van der Waals surface area contributed by atoms with Crippen LogP contribution in [0.1, 0.15) is 36.0 Å². The molecule has 2 aliphatic rings. The van der Waals surface area contributed by atoms with Crippen LogP contribution in [0.4, 0.5) is 4.39 Å². The van der Waals surface area contributed by atoms with Crippen LogP contribution in [0.25, 0.3) is 0 Å². The molecule has 0 radical (unpaired) electrons. The lowest BCUT2D eigenvalue weighted by Crippen LogP contribution is -2.34. The number of rotatable bonds is 3. The molecule has 4 rings (SSSR count). The fourth-order valence-corrected chi connectivity index (χ4v) is 4.04. The molecule has 0 bridgehead atoms. The average Bonchev–Trinajstić information content (AvgIpc) is 3.03. The summed E-state index contributed by atoms with van der Waals surface area (Å²) >= 11 is 3.52. The third-order valence-corrected chi connectivity index (χ3v) is 5.78. The quantitative estimate of drug-likeness (QED) is 0.870. The van der Waals surface area contributed by atoms with Crippen molar-refractivity contribution in [3.63, 3.8) is 0 Å². The minimum absolute atomic E-state index is 0.174. The Morgan fingerprint density at radius 1 is 1.21 bits per heavy atom. The maximum absolute atomic E-state index is 13.4. The van der Waals surface area contributed by atoms with Crippen molar-refractivity contribution >= 4 is 15.9 Å². The van der Waals surface area contributed by atoms with Crippen LogP contribution >= 0.6 is 15.9 Å². The summed E-state index contributed by atoms with van der Waals surface area (Å²) in [6.45, 7) is 5.58. The molecule has 2 aliphatic heterocycles. The number of nitrogens with one attached hydrogen (secondary N) is 1. The summed E-state index contributed by atoms with van der Waals surface area (Å²) in [5.41, 5.74) is 1.01. The van der Waals surface area contributed by atoms with Crippen molar-refractivity contribution in [2.24, 2.45) is 0 Å². The molecule has 1 N–H and O–H groups in total. The molecular formula is C17H21BrFN5. The first-order chi connectivity index (χ1) is 11.7. The monoisotopic (exact) mass is 393 g/mol. The molecule has 0 saturated carbocycles. The molecule has 7 heteroatoms. The fourth-order valence-electron chi connectivity index (χ4n) is 3.67. The van der Waals surface area contributed by atoms with Gasteiger partial charge in [0.15, 0.2) is 0 Å². The Morgan fingerprint density at radius 2 is 2.04 bits per heavy atom. The highest BCUT2D eigenvalue weighted by atomic mass is 79.9. The Morgan fingerprint density at radius 3 is 2.88 bits per heavy atom. The van der Waals surface area contributed by atoms with Gasteiger partial charge in [-0.25, -0.2) is 4.39 Å². The lowest BCUT2D eigenvalue weighted by Gasteiger charge is -2.32. The second-order valence-electron chi connectivity index (χ2n) is 6.59. The number of hydrogen-bond donors (Lipinski definition) is 1. The maximum atomic E-state index is 13.4. The zero-order chi connectivity index (χ0) is 16.5. The molecule has 5 nitrogen and oxygen atoms in total. The van der Waals surface area contributed by atoms with E-state index in [9.17, 15) is 4.39 Å². The molecule has 3 heterocycles. The van der Waals surface area contributed by atoms with Crippen LogP contribution in [0.2, 0.25) is 0 Å². The fraction of sp³-hybridized carbons (Fsp3) is 0.529. The molecule has 0 atom stereocenters. The molecule has 2 aromatic rings. The summed E-state index contributed by atoms with van der Waals surface area (Å²) in [4.78, 5) is 2.39. The molecule has 128 valence electrons. The zero-order valence-corrected chi connectivity index (χ0v) is 15.1. The highest BCUT2D eigenvalue weighted by Crippen LogP contribution is 2.29. The van der Waals surface area contributed by atoms with E-state index in [1.165, 1.54) is 6.07 Å². The van der Waals surface area contributed by atoms with Crippen LogP contribution in [0.3, 0.4) is 0 Å². The van der Waals surface area contributed by atoms with Crippen LogP contribution in [-0.2, 0) is 19.6 Å². The predicted molar refractivity (Wildman–Crippen MR) is 93.1 cm³/mol. The van der Waals surface area contributed by atoms with Crippen LogP contribution in [0, 0.1) is 5.82 Å². The minimum Gasteiger partial charge on any atom is -0.312 e. The van der Waals surface area contributed by atoms with Crippen LogP contribution in [0.15, 0.2) is 22.7 Å². The SMILES string of the molecule is Fc1ccc(Br)c(CN2CCC(c3nnc4n3CCNC4)CC2)c1. The summed E-state index contributed by atoms with van der Waals surface area (Å²) in [5.74, 6) is 2.52. The molecule has 0 amide bonds. The van der Waals surface area contributed by atoms with E-state index in [1.807, 2.05) is 0 Å². The van der Waals surface area contributed by atoms with Crippen molar-refractivity contribution in [1.82, 2.24) is 25.0 Å². The number of nitrogens with zero attached hydrogens (tertiary/aromatic N) is 4. The van der Waals surface area contributed by atoms with Gasteiger partial charge in [-0.15, -0.1) is 10.2 Å². The number of fused-ring (bicyclic) bond motifs is 1. The summed E-state index contributed by atoms with van der Waals surface area (Å²) in [6, 6.07) is 4.90. The standard InChI is InChI=1S/C17H21BrFN5/c18-15-2-1-14(19)9-13(15)11-23-6-3-12(4-7-23)17-22-21-16-10-20-5-8-24(16)17/h1-2,9,12,20H,3-8,10-11H2. The maximum Gasteiger partial charge on any atom is 0.147 e. The first kappa shape index (κ1) is 16.2. The van der Waals surface area contributed by atoms with Gasteiger partial charge in [0.2, 0.25) is 0 Å². The van der Waals surface area contributed by atoms with E-state index in [1.54, 1.807) is 12.1 Å². The van der Waals surface area contributed by atoms with Gasteiger partial charge in [-0.2, -0.15) is 0 Å². The number of likely N-dealkylation sites (tertiary alicyclic amines) is 1. The van der Waals surface area contributed by atoms with Crippen molar-refractivity contribution in [1.29, 1.82) is 0 Å². The van der Waals surface area contributed by atoms with Gasteiger partial charge in [0.25, 0.3) is 0 Å². The molecule has 1 saturated heterocycles. The molecule has 1 aromatic carbocycles. The van der Waals surface area contributed by atoms with Crippen LogP contribution in [-0.4, -0.2) is 39.3 Å². The molecule has 1 fully saturated rings. The lowest BCUT2D eigenvalue weighted by atomic mass is 9.95. The van der Waals surface area contributed by atoms with Gasteiger partial charge in [0, 0.05) is 30.0 Å². The Bertz CT molecular complexity index is 724. The zero-order valence-electron chi connectivity index (χ0n) is 13.5. The molecular weight excluding hydrogens is 373 g/mol. The van der Waals surface area contributed by atoms with Crippen molar-refractivity contribution in [3.05, 3.63) is 45.7 Å². The molecule has 1 aromatic heterocycles. The Hall–Kier alpha value is -1.31. The van der Waals surface area contributed by atoms with E-state index in [0.29, 0.717) is 5.92 Å². The highest BCUT2D eigenvalue weighted by Gasteiger charge is 2.27. The van der Waals surface area contributed by atoms with Gasteiger partial charge in [-0.1, -0.05) is 15.9 Å². The topological polar surface area (TPSA) is 46.0 Å². The second kappa shape index (κ2) is 6.90. The number of piperidine rings is 1. The molecule has 0 unspecified atom stereocenters. The predicted octanol–water partition coefficient (Wildman–Crippen LogP) is 2.66. The van der Waals surface area contributed by atoms with Gasteiger partial charge >= 0.3 is 0 Å². The largest absolute Gasteiger partial charge is 0.312 e. The lowest BCUT2D eigenvalue weighted by molar-refractivity contribution is 0.199. The number of halogens is 2. The average molecular weight is 394 g/mol. The van der Waals surface area contributed by atoms with Crippen molar-refractivity contribution in [3.8, 4) is 0 Å². The minimum atomic E-state index is -0.174. The highest BCUT2D eigenvalue weighted by molar-refractivity contribution is 9.10. The van der Waals surface area contributed by atoms with Crippen molar-refractivity contribution < 1.29 is 4.39 Å². The van der Waals surface area contributed by atoms with E-state index in [0.717, 1.165) is 73.8 Å². The van der Waals surface area contributed by atoms with Gasteiger partial charge in [-0.3, -0.25) is 4.90 Å².